The van der Waals surface area contributed by atoms with Crippen LogP contribution in [0.4, 0.5) is 5.00 Å². The Hall–Kier alpha value is -2.63. The zero-order valence-electron chi connectivity index (χ0n) is 18.6. The molecule has 1 amide bonds. The molecule has 4 aromatic rings. The molecule has 0 aliphatic carbocycles. The van der Waals surface area contributed by atoms with Crippen LogP contribution < -0.4 is 5.32 Å². The highest BCUT2D eigenvalue weighted by atomic mass is 32.2. The number of nitrogens with one attached hydrogen (secondary N) is 1. The molecule has 3 heterocycles. The standard InChI is InChI=1S/C24H23N3O4S3/c1-15-13-27(14-16(2)31-15)34(29,30)18-9-7-17(8-10-18)22(28)26-23-19(11-12-32-23)24-25-20-5-3-4-6-21(20)33-24/h3-12,15-16H,13-14H2,1-2H3,(H,26,28). The van der Waals surface area contributed by atoms with Crippen LogP contribution in [0.3, 0.4) is 0 Å². The van der Waals surface area contributed by atoms with E-state index >= 15 is 0 Å². The van der Waals surface area contributed by atoms with Crippen molar-refractivity contribution in [3.8, 4) is 10.6 Å². The quantitative estimate of drug-likeness (QED) is 0.402. The van der Waals surface area contributed by atoms with Crippen LogP contribution in [0.1, 0.15) is 24.2 Å². The minimum absolute atomic E-state index is 0.164. The number of para-hydroxylation sites is 1. The van der Waals surface area contributed by atoms with Crippen molar-refractivity contribution in [1.29, 1.82) is 0 Å². The number of fused-ring (bicyclic) bond motifs is 1. The van der Waals surface area contributed by atoms with Crippen molar-refractivity contribution in [2.24, 2.45) is 0 Å². The molecule has 5 rings (SSSR count). The molecule has 10 heteroatoms. The predicted octanol–water partition coefficient (Wildman–Crippen LogP) is 5.08. The van der Waals surface area contributed by atoms with E-state index in [0.29, 0.717) is 23.7 Å². The van der Waals surface area contributed by atoms with E-state index in [1.54, 1.807) is 23.5 Å². The zero-order valence-corrected chi connectivity index (χ0v) is 21.0. The lowest BCUT2D eigenvalue weighted by Gasteiger charge is -2.34. The fraction of sp³-hybridized carbons (Fsp3) is 0.250. The van der Waals surface area contributed by atoms with Crippen LogP contribution >= 0.6 is 22.7 Å². The Morgan fingerprint density at radius 1 is 1.06 bits per heavy atom. The fourth-order valence-electron chi connectivity index (χ4n) is 3.99. The van der Waals surface area contributed by atoms with E-state index in [1.807, 2.05) is 49.6 Å². The second-order valence-corrected chi connectivity index (χ2v) is 12.1. The number of hydrogen-bond donors (Lipinski definition) is 1. The lowest BCUT2D eigenvalue weighted by Crippen LogP contribution is -2.48. The fourth-order valence-corrected chi connectivity index (χ4v) is 7.43. The van der Waals surface area contributed by atoms with E-state index in [4.69, 9.17) is 4.74 Å². The second-order valence-electron chi connectivity index (χ2n) is 8.21. The van der Waals surface area contributed by atoms with Gasteiger partial charge in [-0.1, -0.05) is 12.1 Å². The van der Waals surface area contributed by atoms with Gasteiger partial charge < -0.3 is 10.1 Å². The number of nitrogens with zero attached hydrogens (tertiary/aromatic N) is 2. The van der Waals surface area contributed by atoms with Crippen LogP contribution in [-0.4, -0.2) is 48.9 Å². The van der Waals surface area contributed by atoms with Gasteiger partial charge in [0, 0.05) is 24.2 Å². The van der Waals surface area contributed by atoms with Crippen LogP contribution in [0.25, 0.3) is 20.8 Å². The normalized spacial score (nSPS) is 19.4. The average molecular weight is 514 g/mol. The van der Waals surface area contributed by atoms with E-state index in [1.165, 1.54) is 27.8 Å². The van der Waals surface area contributed by atoms with Gasteiger partial charge in [-0.3, -0.25) is 4.79 Å². The van der Waals surface area contributed by atoms with Crippen LogP contribution in [0.2, 0.25) is 0 Å². The van der Waals surface area contributed by atoms with Gasteiger partial charge in [0.1, 0.15) is 10.0 Å². The third kappa shape index (κ3) is 4.51. The van der Waals surface area contributed by atoms with E-state index < -0.39 is 10.0 Å². The van der Waals surface area contributed by atoms with Gasteiger partial charge in [0.15, 0.2) is 0 Å². The molecule has 1 fully saturated rings. The molecule has 0 spiro atoms. The molecule has 176 valence electrons. The lowest BCUT2D eigenvalue weighted by atomic mass is 10.2. The number of hydrogen-bond acceptors (Lipinski definition) is 7. The summed E-state index contributed by atoms with van der Waals surface area (Å²) in [4.78, 5) is 17.8. The third-order valence-corrected chi connectivity index (χ3v) is 9.30. The summed E-state index contributed by atoms with van der Waals surface area (Å²) in [5.74, 6) is -0.303. The number of benzene rings is 2. The minimum atomic E-state index is -3.66. The topological polar surface area (TPSA) is 88.6 Å². The van der Waals surface area contributed by atoms with Crippen molar-refractivity contribution in [2.45, 2.75) is 31.0 Å². The Labute approximate surface area is 206 Å². The smallest absolute Gasteiger partial charge is 0.256 e. The van der Waals surface area contributed by atoms with Gasteiger partial charge in [0.2, 0.25) is 10.0 Å². The van der Waals surface area contributed by atoms with E-state index in [2.05, 4.69) is 10.3 Å². The molecule has 1 aliphatic rings. The Balaban J connectivity index is 1.33. The highest BCUT2D eigenvalue weighted by molar-refractivity contribution is 7.89. The molecule has 0 saturated carbocycles. The van der Waals surface area contributed by atoms with Gasteiger partial charge >= 0.3 is 0 Å². The molecular formula is C24H23N3O4S3. The first-order valence-corrected chi connectivity index (χ1v) is 14.0. The number of amides is 1. The van der Waals surface area contributed by atoms with Crippen molar-refractivity contribution in [2.75, 3.05) is 18.4 Å². The number of aromatic nitrogens is 1. The van der Waals surface area contributed by atoms with Crippen LogP contribution in [0.15, 0.2) is 64.9 Å². The number of morpholine rings is 1. The molecular weight excluding hydrogens is 490 g/mol. The summed E-state index contributed by atoms with van der Waals surface area (Å²) in [5.41, 5.74) is 2.17. The van der Waals surface area contributed by atoms with E-state index in [0.717, 1.165) is 20.8 Å². The van der Waals surface area contributed by atoms with E-state index in [-0.39, 0.29) is 23.0 Å². The maximum atomic E-state index is 13.1. The number of carbonyl (C=O) groups is 1. The number of sulfonamides is 1. The summed E-state index contributed by atoms with van der Waals surface area (Å²) < 4.78 is 34.3. The molecule has 7 nitrogen and oxygen atoms in total. The summed E-state index contributed by atoms with van der Waals surface area (Å²) >= 11 is 3.00. The van der Waals surface area contributed by atoms with Crippen LogP contribution in [0.5, 0.6) is 0 Å². The molecule has 34 heavy (non-hydrogen) atoms. The second kappa shape index (κ2) is 9.20. The number of anilines is 1. The maximum absolute atomic E-state index is 13.1. The van der Waals surface area contributed by atoms with Crippen molar-refractivity contribution in [1.82, 2.24) is 9.29 Å². The molecule has 2 unspecified atom stereocenters. The lowest BCUT2D eigenvalue weighted by molar-refractivity contribution is -0.0440. The van der Waals surface area contributed by atoms with Crippen molar-refractivity contribution >= 4 is 53.8 Å². The molecule has 0 bridgehead atoms. The number of thiophene rings is 1. The maximum Gasteiger partial charge on any atom is 0.256 e. The summed E-state index contributed by atoms with van der Waals surface area (Å²) in [6, 6.07) is 15.9. The minimum Gasteiger partial charge on any atom is -0.373 e. The predicted molar refractivity (Wildman–Crippen MR) is 136 cm³/mol. The molecule has 1 aliphatic heterocycles. The summed E-state index contributed by atoms with van der Waals surface area (Å²) in [6.07, 6.45) is -0.335. The number of carbonyl (C=O) groups excluding carboxylic acids is 1. The third-order valence-electron chi connectivity index (χ3n) is 5.56. The summed E-state index contributed by atoms with van der Waals surface area (Å²) in [7, 11) is -3.66. The monoisotopic (exact) mass is 513 g/mol. The Morgan fingerprint density at radius 2 is 1.76 bits per heavy atom. The molecule has 2 aromatic carbocycles. The van der Waals surface area contributed by atoms with Gasteiger partial charge in [0.25, 0.3) is 5.91 Å². The number of thiazole rings is 1. The molecule has 2 aromatic heterocycles. The van der Waals surface area contributed by atoms with Crippen molar-refractivity contribution in [3.05, 3.63) is 65.5 Å². The largest absolute Gasteiger partial charge is 0.373 e. The molecule has 2 atom stereocenters. The van der Waals surface area contributed by atoms with Gasteiger partial charge in [-0.05, 0) is 61.7 Å². The molecule has 0 radical (unpaired) electrons. The van der Waals surface area contributed by atoms with Gasteiger partial charge in [-0.15, -0.1) is 22.7 Å². The Kier molecular flexibility index (Phi) is 6.26. The zero-order chi connectivity index (χ0) is 23.9. The summed E-state index contributed by atoms with van der Waals surface area (Å²) in [6.45, 7) is 4.33. The van der Waals surface area contributed by atoms with Gasteiger partial charge in [0.05, 0.1) is 27.3 Å². The SMILES string of the molecule is CC1CN(S(=O)(=O)c2ccc(C(=O)Nc3sccc3-c3nc4ccccc4s3)cc2)CC(C)O1. The van der Waals surface area contributed by atoms with Crippen molar-refractivity contribution in [3.63, 3.8) is 0 Å². The highest BCUT2D eigenvalue weighted by Gasteiger charge is 2.32. The molecule has 1 saturated heterocycles. The van der Waals surface area contributed by atoms with Crippen LogP contribution in [0, 0.1) is 0 Å². The first kappa shape index (κ1) is 23.1. The average Bonchev–Trinajstić information content (AvgIpc) is 3.45. The number of ether oxygens (including phenoxy) is 1. The highest BCUT2D eigenvalue weighted by Crippen LogP contribution is 2.38. The Morgan fingerprint density at radius 3 is 2.47 bits per heavy atom. The first-order valence-electron chi connectivity index (χ1n) is 10.8. The van der Waals surface area contributed by atoms with Gasteiger partial charge in [-0.25, -0.2) is 13.4 Å². The number of rotatable bonds is 5. The Bertz CT molecular complexity index is 1400. The van der Waals surface area contributed by atoms with Crippen molar-refractivity contribution < 1.29 is 17.9 Å². The van der Waals surface area contributed by atoms with Gasteiger partial charge in [-0.2, -0.15) is 4.31 Å². The van der Waals surface area contributed by atoms with E-state index in [9.17, 15) is 13.2 Å². The first-order chi connectivity index (χ1) is 16.3. The summed E-state index contributed by atoms with van der Waals surface area (Å²) in [5, 5.41) is 6.41. The van der Waals surface area contributed by atoms with Crippen LogP contribution in [-0.2, 0) is 14.8 Å². The molecule has 1 N–H and O–H groups in total.